The van der Waals surface area contributed by atoms with E-state index in [1.54, 1.807) is 11.6 Å². The molecule has 2 aromatic carbocycles. The first kappa shape index (κ1) is 15.9. The predicted octanol–water partition coefficient (Wildman–Crippen LogP) is 3.29. The summed E-state index contributed by atoms with van der Waals surface area (Å²) in [6.45, 7) is 4.03. The Bertz CT molecular complexity index is 1060. The second kappa shape index (κ2) is 5.58. The largest absolute Gasteiger partial charge is 0.319 e. The van der Waals surface area contributed by atoms with Crippen LogP contribution >= 0.6 is 11.3 Å². The Morgan fingerprint density at radius 3 is 2.35 bits per heavy atom. The van der Waals surface area contributed by atoms with Gasteiger partial charge in [0, 0.05) is 7.05 Å². The van der Waals surface area contributed by atoms with Crippen LogP contribution < -0.4 is 4.80 Å². The first-order chi connectivity index (χ1) is 10.8. The molecule has 120 valence electrons. The van der Waals surface area contributed by atoms with E-state index in [2.05, 4.69) is 4.40 Å². The Hall–Kier alpha value is -1.99. The van der Waals surface area contributed by atoms with E-state index in [0.717, 1.165) is 33.5 Å². The molecule has 3 aromatic rings. The van der Waals surface area contributed by atoms with Crippen LogP contribution in [0.3, 0.4) is 0 Å². The summed E-state index contributed by atoms with van der Waals surface area (Å²) >= 11 is 1.31. The predicted molar refractivity (Wildman–Crippen MR) is 89.4 cm³/mol. The maximum atomic E-state index is 13.0. The van der Waals surface area contributed by atoms with Crippen molar-refractivity contribution in [3.63, 3.8) is 0 Å². The molecule has 0 N–H and O–H groups in total. The van der Waals surface area contributed by atoms with Crippen molar-refractivity contribution in [2.45, 2.75) is 18.7 Å². The summed E-state index contributed by atoms with van der Waals surface area (Å²) in [6.07, 6.45) is 0. The third kappa shape index (κ3) is 2.94. The topological polar surface area (TPSA) is 51.4 Å². The molecule has 4 nitrogen and oxygen atoms in total. The summed E-state index contributed by atoms with van der Waals surface area (Å²) in [6, 6.07) is 8.70. The minimum absolute atomic E-state index is 0.0243. The molecule has 0 spiro atoms. The molecule has 0 radical (unpaired) electrons. The average Bonchev–Trinajstić information content (AvgIpc) is 2.76. The minimum atomic E-state index is -3.87. The smallest absolute Gasteiger partial charge is 0.285 e. The van der Waals surface area contributed by atoms with Gasteiger partial charge >= 0.3 is 0 Å². The number of benzene rings is 2. The zero-order valence-corrected chi connectivity index (χ0v) is 14.5. The molecule has 3 rings (SSSR count). The quantitative estimate of drug-likeness (QED) is 0.712. The normalized spacial score (nSPS) is 13.0. The summed E-state index contributed by atoms with van der Waals surface area (Å²) in [5.74, 6) is -0.484. The van der Waals surface area contributed by atoms with E-state index in [1.807, 2.05) is 26.0 Å². The lowest BCUT2D eigenvalue weighted by Crippen LogP contribution is -2.13. The third-order valence-corrected chi connectivity index (χ3v) is 6.23. The molecule has 0 atom stereocenters. The van der Waals surface area contributed by atoms with Crippen molar-refractivity contribution in [1.82, 2.24) is 4.57 Å². The van der Waals surface area contributed by atoms with Gasteiger partial charge in [0.25, 0.3) is 10.0 Å². The summed E-state index contributed by atoms with van der Waals surface area (Å²) < 4.78 is 44.4. The number of aromatic nitrogens is 1. The van der Waals surface area contributed by atoms with Gasteiger partial charge in [-0.25, -0.2) is 4.39 Å². The summed E-state index contributed by atoms with van der Waals surface area (Å²) in [7, 11) is -2.09. The molecule has 0 amide bonds. The third-order valence-electron chi connectivity index (χ3n) is 3.73. The van der Waals surface area contributed by atoms with Crippen molar-refractivity contribution >= 4 is 31.6 Å². The lowest BCUT2D eigenvalue weighted by atomic mass is 10.1. The van der Waals surface area contributed by atoms with Gasteiger partial charge in [0.05, 0.1) is 15.1 Å². The van der Waals surface area contributed by atoms with Gasteiger partial charge < -0.3 is 4.57 Å². The van der Waals surface area contributed by atoms with Crippen LogP contribution in [0.5, 0.6) is 0 Å². The number of halogens is 1. The zero-order valence-electron chi connectivity index (χ0n) is 12.9. The molecule has 23 heavy (non-hydrogen) atoms. The second-order valence-corrected chi connectivity index (χ2v) is 7.98. The lowest BCUT2D eigenvalue weighted by molar-refractivity contribution is 0.595. The number of hydrogen-bond acceptors (Lipinski definition) is 3. The molecule has 7 heteroatoms. The van der Waals surface area contributed by atoms with Gasteiger partial charge in [0.2, 0.25) is 4.80 Å². The van der Waals surface area contributed by atoms with E-state index in [1.165, 1.54) is 23.5 Å². The van der Waals surface area contributed by atoms with Crippen LogP contribution in [0.2, 0.25) is 0 Å². The van der Waals surface area contributed by atoms with E-state index in [-0.39, 0.29) is 4.90 Å². The molecule has 0 saturated heterocycles. The van der Waals surface area contributed by atoms with Gasteiger partial charge in [-0.3, -0.25) is 0 Å². The van der Waals surface area contributed by atoms with Gasteiger partial charge in [-0.2, -0.15) is 8.42 Å². The lowest BCUT2D eigenvalue weighted by Gasteiger charge is -2.01. The number of aryl methyl sites for hydroxylation is 3. The highest BCUT2D eigenvalue weighted by Crippen LogP contribution is 2.21. The SMILES string of the molecule is Cc1cc2s/c(=N\S(=O)(=O)c3ccc(F)cc3)n(C)c2cc1C. The van der Waals surface area contributed by atoms with Crippen LogP contribution in [-0.2, 0) is 17.1 Å². The fraction of sp³-hybridized carbons (Fsp3) is 0.188. The van der Waals surface area contributed by atoms with Gasteiger partial charge in [-0.1, -0.05) is 11.3 Å². The van der Waals surface area contributed by atoms with Crippen molar-refractivity contribution in [3.8, 4) is 0 Å². The molecule has 0 fully saturated rings. The highest BCUT2D eigenvalue weighted by atomic mass is 32.2. The van der Waals surface area contributed by atoms with Gasteiger partial charge in [0.15, 0.2) is 0 Å². The number of thiazole rings is 1. The summed E-state index contributed by atoms with van der Waals surface area (Å²) in [4.78, 5) is 0.359. The Labute approximate surface area is 137 Å². The molecule has 0 saturated carbocycles. The maximum absolute atomic E-state index is 13.0. The Morgan fingerprint density at radius 2 is 1.70 bits per heavy atom. The number of nitrogens with zero attached hydrogens (tertiary/aromatic N) is 2. The molecular weight excluding hydrogens is 335 g/mol. The van der Waals surface area contributed by atoms with Crippen molar-refractivity contribution in [1.29, 1.82) is 0 Å². The first-order valence-electron chi connectivity index (χ1n) is 6.91. The van der Waals surface area contributed by atoms with Crippen LogP contribution in [0.1, 0.15) is 11.1 Å². The van der Waals surface area contributed by atoms with Gasteiger partial charge in [0.1, 0.15) is 5.82 Å². The van der Waals surface area contributed by atoms with E-state index in [9.17, 15) is 12.8 Å². The molecule has 0 aliphatic heterocycles. The van der Waals surface area contributed by atoms with E-state index >= 15 is 0 Å². The summed E-state index contributed by atoms with van der Waals surface area (Å²) in [5, 5.41) is 0. The monoisotopic (exact) mass is 350 g/mol. The van der Waals surface area contributed by atoms with Crippen molar-refractivity contribution in [3.05, 3.63) is 58.1 Å². The van der Waals surface area contributed by atoms with E-state index in [4.69, 9.17) is 0 Å². The highest BCUT2D eigenvalue weighted by molar-refractivity contribution is 7.90. The summed E-state index contributed by atoms with van der Waals surface area (Å²) in [5.41, 5.74) is 3.22. The van der Waals surface area contributed by atoms with Crippen LogP contribution in [0, 0.1) is 19.7 Å². The minimum Gasteiger partial charge on any atom is -0.319 e. The van der Waals surface area contributed by atoms with Crippen LogP contribution in [-0.4, -0.2) is 13.0 Å². The molecule has 0 unspecified atom stereocenters. The zero-order chi connectivity index (χ0) is 16.8. The number of hydrogen-bond donors (Lipinski definition) is 0. The van der Waals surface area contributed by atoms with Crippen LogP contribution in [0.15, 0.2) is 45.7 Å². The Kier molecular flexibility index (Phi) is 3.85. The highest BCUT2D eigenvalue weighted by Gasteiger charge is 2.14. The molecular formula is C16H15FN2O2S2. The molecule has 1 heterocycles. The standard InChI is InChI=1S/C16H15FN2O2S2/c1-10-8-14-15(9-11(10)2)22-16(19(14)3)18-23(20,21)13-6-4-12(17)5-7-13/h4-9H,1-3H3/b18-16-. The van der Waals surface area contributed by atoms with Crippen LogP contribution in [0.25, 0.3) is 10.2 Å². The van der Waals surface area contributed by atoms with E-state index in [0.29, 0.717) is 4.80 Å². The van der Waals surface area contributed by atoms with Gasteiger partial charge in [-0.05, 0) is 61.4 Å². The van der Waals surface area contributed by atoms with Gasteiger partial charge in [-0.15, -0.1) is 4.40 Å². The number of rotatable bonds is 2. The number of fused-ring (bicyclic) bond motifs is 1. The van der Waals surface area contributed by atoms with Crippen LogP contribution in [0.4, 0.5) is 4.39 Å². The Morgan fingerprint density at radius 1 is 1.09 bits per heavy atom. The Balaban J connectivity index is 2.21. The molecule has 0 aliphatic rings. The second-order valence-electron chi connectivity index (χ2n) is 5.37. The van der Waals surface area contributed by atoms with E-state index < -0.39 is 15.8 Å². The van der Waals surface area contributed by atoms with Crippen molar-refractivity contribution < 1.29 is 12.8 Å². The number of sulfonamides is 1. The first-order valence-corrected chi connectivity index (χ1v) is 9.17. The van der Waals surface area contributed by atoms with Crippen molar-refractivity contribution in [2.75, 3.05) is 0 Å². The maximum Gasteiger partial charge on any atom is 0.285 e. The fourth-order valence-electron chi connectivity index (χ4n) is 2.23. The fourth-order valence-corrected chi connectivity index (χ4v) is 4.56. The average molecular weight is 350 g/mol. The molecule has 1 aromatic heterocycles. The van der Waals surface area contributed by atoms with Crippen molar-refractivity contribution in [2.24, 2.45) is 11.4 Å². The molecule has 0 bridgehead atoms. The molecule has 0 aliphatic carbocycles.